The fourth-order valence-electron chi connectivity index (χ4n) is 3.49. The number of hydrogen-bond donors (Lipinski definition) is 2. The van der Waals surface area contributed by atoms with Gasteiger partial charge in [0.2, 0.25) is 0 Å². The van der Waals surface area contributed by atoms with Crippen molar-refractivity contribution in [1.29, 1.82) is 0 Å². The zero-order valence-corrected chi connectivity index (χ0v) is 20.0. The van der Waals surface area contributed by atoms with Gasteiger partial charge in [-0.1, -0.05) is 43.5 Å². The third-order valence-electron chi connectivity index (χ3n) is 5.10. The molecule has 0 aliphatic carbocycles. The largest absolute Gasteiger partial charge is 0.337 e. The number of hydrogen-bond acceptors (Lipinski definition) is 4. The SMILES string of the molecule is CCCCC(CNC(=O)Nc1c(SC)ncc(C)c1SC)c1cc(C)ccc1C. The molecule has 2 aromatic rings. The molecular formula is C23H33N3OS2. The van der Waals surface area contributed by atoms with Crippen molar-refractivity contribution >= 4 is 35.2 Å². The maximum absolute atomic E-state index is 12.8. The van der Waals surface area contributed by atoms with Crippen molar-refractivity contribution in [2.75, 3.05) is 24.4 Å². The quantitative estimate of drug-likeness (QED) is 0.442. The van der Waals surface area contributed by atoms with Crippen LogP contribution in [-0.2, 0) is 0 Å². The number of nitrogens with zero attached hydrogens (tertiary/aromatic N) is 1. The van der Waals surface area contributed by atoms with Crippen LogP contribution in [0.5, 0.6) is 0 Å². The van der Waals surface area contributed by atoms with E-state index < -0.39 is 0 Å². The summed E-state index contributed by atoms with van der Waals surface area (Å²) in [4.78, 5) is 18.3. The van der Waals surface area contributed by atoms with E-state index in [0.29, 0.717) is 12.5 Å². The Bertz CT molecular complexity index is 839. The Morgan fingerprint density at radius 2 is 1.90 bits per heavy atom. The Balaban J connectivity index is 2.15. The van der Waals surface area contributed by atoms with Gasteiger partial charge in [0.05, 0.1) is 5.69 Å². The Morgan fingerprint density at radius 3 is 2.55 bits per heavy atom. The molecule has 0 bridgehead atoms. The molecule has 0 saturated carbocycles. The van der Waals surface area contributed by atoms with Crippen LogP contribution in [0.1, 0.15) is 54.4 Å². The number of benzene rings is 1. The molecule has 0 saturated heterocycles. The van der Waals surface area contributed by atoms with Crippen LogP contribution in [0, 0.1) is 20.8 Å². The standard InChI is InChI=1S/C23H33N3OS2/c1-7-8-9-18(19-12-15(2)10-11-16(19)3)14-25-23(27)26-20-21(28-5)17(4)13-24-22(20)29-6/h10-13,18H,7-9,14H2,1-6H3,(H2,25,26,27). The Labute approximate surface area is 184 Å². The lowest BCUT2D eigenvalue weighted by Gasteiger charge is -2.21. The fourth-order valence-corrected chi connectivity index (χ4v) is 4.80. The summed E-state index contributed by atoms with van der Waals surface area (Å²) in [6.07, 6.45) is 9.23. The van der Waals surface area contributed by atoms with Crippen molar-refractivity contribution in [3.63, 3.8) is 0 Å². The summed E-state index contributed by atoms with van der Waals surface area (Å²) in [6, 6.07) is 6.42. The molecular weight excluding hydrogens is 398 g/mol. The summed E-state index contributed by atoms with van der Waals surface area (Å²) in [5.41, 5.74) is 5.76. The molecule has 0 radical (unpaired) electrons. The second kappa shape index (κ2) is 11.5. The number of anilines is 1. The number of nitrogens with one attached hydrogen (secondary N) is 2. The van der Waals surface area contributed by atoms with Crippen molar-refractivity contribution < 1.29 is 4.79 Å². The number of urea groups is 1. The second-order valence-electron chi connectivity index (χ2n) is 7.39. The van der Waals surface area contributed by atoms with Crippen molar-refractivity contribution in [3.8, 4) is 0 Å². The number of carbonyl (C=O) groups is 1. The van der Waals surface area contributed by atoms with Crippen LogP contribution >= 0.6 is 23.5 Å². The molecule has 1 heterocycles. The Hall–Kier alpha value is -1.66. The molecule has 29 heavy (non-hydrogen) atoms. The average molecular weight is 432 g/mol. The molecule has 1 atom stereocenters. The predicted molar refractivity (Wildman–Crippen MR) is 128 cm³/mol. The van der Waals surface area contributed by atoms with E-state index in [1.54, 1.807) is 23.5 Å². The van der Waals surface area contributed by atoms with Crippen LogP contribution in [0.2, 0.25) is 0 Å². The molecule has 2 N–H and O–H groups in total. The van der Waals surface area contributed by atoms with E-state index in [4.69, 9.17) is 0 Å². The molecule has 2 rings (SSSR count). The molecule has 1 unspecified atom stereocenters. The first-order valence-electron chi connectivity index (χ1n) is 10.1. The lowest BCUT2D eigenvalue weighted by molar-refractivity contribution is 0.251. The number of aryl methyl sites for hydroxylation is 3. The highest BCUT2D eigenvalue weighted by Gasteiger charge is 2.18. The maximum atomic E-state index is 12.8. The first-order chi connectivity index (χ1) is 13.9. The highest BCUT2D eigenvalue weighted by atomic mass is 32.2. The smallest absolute Gasteiger partial charge is 0.319 e. The third-order valence-corrected chi connectivity index (χ3v) is 6.73. The van der Waals surface area contributed by atoms with Crippen LogP contribution in [0.4, 0.5) is 10.5 Å². The van der Waals surface area contributed by atoms with Gasteiger partial charge >= 0.3 is 6.03 Å². The van der Waals surface area contributed by atoms with Gasteiger partial charge in [0.15, 0.2) is 0 Å². The number of unbranched alkanes of at least 4 members (excludes halogenated alkanes) is 1. The molecule has 4 nitrogen and oxygen atoms in total. The maximum Gasteiger partial charge on any atom is 0.319 e. The van der Waals surface area contributed by atoms with Crippen LogP contribution in [0.15, 0.2) is 34.3 Å². The van der Waals surface area contributed by atoms with Gasteiger partial charge in [-0.2, -0.15) is 0 Å². The molecule has 0 spiro atoms. The minimum atomic E-state index is -0.171. The van der Waals surface area contributed by atoms with Crippen LogP contribution in [0.25, 0.3) is 0 Å². The van der Waals surface area contributed by atoms with Crippen molar-refractivity contribution in [3.05, 3.63) is 46.6 Å². The number of pyridine rings is 1. The van der Waals surface area contributed by atoms with Crippen LogP contribution < -0.4 is 10.6 Å². The van der Waals surface area contributed by atoms with Crippen LogP contribution in [-0.4, -0.2) is 30.1 Å². The summed E-state index contributed by atoms with van der Waals surface area (Å²) in [6.45, 7) is 9.13. The Morgan fingerprint density at radius 1 is 1.14 bits per heavy atom. The van der Waals surface area contributed by atoms with E-state index in [1.165, 1.54) is 16.7 Å². The van der Waals surface area contributed by atoms with E-state index >= 15 is 0 Å². The normalized spacial score (nSPS) is 11.9. The summed E-state index contributed by atoms with van der Waals surface area (Å²) in [7, 11) is 0. The minimum absolute atomic E-state index is 0.171. The predicted octanol–water partition coefficient (Wildman–Crippen LogP) is 6.55. The first kappa shape index (κ1) is 23.6. The average Bonchev–Trinajstić information content (AvgIpc) is 2.70. The van der Waals surface area contributed by atoms with Gasteiger partial charge < -0.3 is 10.6 Å². The van der Waals surface area contributed by atoms with E-state index in [1.807, 2.05) is 25.6 Å². The van der Waals surface area contributed by atoms with Gasteiger partial charge in [-0.25, -0.2) is 9.78 Å². The van der Waals surface area contributed by atoms with Crippen molar-refractivity contribution in [2.24, 2.45) is 0 Å². The van der Waals surface area contributed by atoms with Crippen molar-refractivity contribution in [2.45, 2.75) is 62.8 Å². The van der Waals surface area contributed by atoms with Gasteiger partial charge in [-0.05, 0) is 56.4 Å². The first-order valence-corrected chi connectivity index (χ1v) is 12.6. The Kier molecular flexibility index (Phi) is 9.37. The zero-order valence-electron chi connectivity index (χ0n) is 18.4. The molecule has 6 heteroatoms. The fraction of sp³-hybridized carbons (Fsp3) is 0.478. The summed E-state index contributed by atoms with van der Waals surface area (Å²) >= 11 is 3.18. The monoisotopic (exact) mass is 431 g/mol. The van der Waals surface area contributed by atoms with E-state index in [9.17, 15) is 4.79 Å². The number of aromatic nitrogens is 1. The van der Waals surface area contributed by atoms with Gasteiger partial charge in [0, 0.05) is 23.6 Å². The highest BCUT2D eigenvalue weighted by molar-refractivity contribution is 7.99. The molecule has 0 aliphatic heterocycles. The number of amides is 2. The van der Waals surface area contributed by atoms with Gasteiger partial charge in [0.25, 0.3) is 0 Å². The topological polar surface area (TPSA) is 54.0 Å². The van der Waals surface area contributed by atoms with E-state index in [2.05, 4.69) is 54.6 Å². The van der Waals surface area contributed by atoms with Gasteiger partial charge in [-0.15, -0.1) is 23.5 Å². The molecule has 158 valence electrons. The number of carbonyl (C=O) groups excluding carboxylic acids is 1. The molecule has 0 fully saturated rings. The lowest BCUT2D eigenvalue weighted by atomic mass is 9.89. The molecule has 2 amide bonds. The second-order valence-corrected chi connectivity index (χ2v) is 9.00. The molecule has 1 aromatic heterocycles. The zero-order chi connectivity index (χ0) is 21.4. The van der Waals surface area contributed by atoms with E-state index in [0.717, 1.165) is 40.4 Å². The lowest BCUT2D eigenvalue weighted by Crippen LogP contribution is -2.33. The summed E-state index contributed by atoms with van der Waals surface area (Å²) in [5, 5.41) is 7.01. The summed E-state index contributed by atoms with van der Waals surface area (Å²) in [5.74, 6) is 0.316. The van der Waals surface area contributed by atoms with E-state index in [-0.39, 0.29) is 6.03 Å². The number of rotatable bonds is 9. The minimum Gasteiger partial charge on any atom is -0.337 e. The molecule has 0 aliphatic rings. The summed E-state index contributed by atoms with van der Waals surface area (Å²) < 4.78 is 0. The van der Waals surface area contributed by atoms with Crippen LogP contribution in [0.3, 0.4) is 0 Å². The van der Waals surface area contributed by atoms with Gasteiger partial charge in [0.1, 0.15) is 5.03 Å². The highest BCUT2D eigenvalue weighted by Crippen LogP contribution is 2.35. The van der Waals surface area contributed by atoms with Crippen molar-refractivity contribution in [1.82, 2.24) is 10.3 Å². The third kappa shape index (κ3) is 6.41. The van der Waals surface area contributed by atoms with Gasteiger partial charge in [-0.3, -0.25) is 0 Å². The molecule has 1 aromatic carbocycles. The number of thioether (sulfide) groups is 2.